The molecule has 2 amide bonds. The molecule has 134 valence electrons. The molecule has 0 saturated carbocycles. The average Bonchev–Trinajstić information content (AvgIpc) is 2.92. The van der Waals surface area contributed by atoms with Gasteiger partial charge in [-0.3, -0.25) is 9.59 Å². The molecule has 3 rings (SSSR count). The van der Waals surface area contributed by atoms with Crippen LogP contribution in [0.3, 0.4) is 0 Å². The molecule has 26 heavy (non-hydrogen) atoms. The van der Waals surface area contributed by atoms with E-state index in [9.17, 15) is 9.59 Å². The van der Waals surface area contributed by atoms with Gasteiger partial charge in [0.1, 0.15) is 12.4 Å². The zero-order chi connectivity index (χ0) is 18.7. The number of anilines is 1. The maximum Gasteiger partial charge on any atom is 0.244 e. The van der Waals surface area contributed by atoms with Gasteiger partial charge < -0.3 is 14.8 Å². The van der Waals surface area contributed by atoms with Gasteiger partial charge in [0.25, 0.3) is 0 Å². The lowest BCUT2D eigenvalue weighted by molar-refractivity contribution is -0.133. The molecule has 0 aliphatic rings. The number of aromatic nitrogens is 2. The Morgan fingerprint density at radius 1 is 1.15 bits per heavy atom. The van der Waals surface area contributed by atoms with Crippen LogP contribution < -0.4 is 5.32 Å². The average molecular weight is 371 g/mol. The molecular formula is C19H19ClN4O2. The molecule has 0 atom stereocenters. The van der Waals surface area contributed by atoms with Gasteiger partial charge in [-0.05, 0) is 31.2 Å². The van der Waals surface area contributed by atoms with Gasteiger partial charge in [-0.25, -0.2) is 4.98 Å². The van der Waals surface area contributed by atoms with Gasteiger partial charge in [0.05, 0.1) is 28.3 Å². The van der Waals surface area contributed by atoms with Crippen molar-refractivity contribution in [3.8, 4) is 0 Å². The van der Waals surface area contributed by atoms with E-state index in [2.05, 4.69) is 10.3 Å². The lowest BCUT2D eigenvalue weighted by Crippen LogP contribution is -2.37. The molecule has 0 unspecified atom stereocenters. The second-order valence-electron chi connectivity index (χ2n) is 6.01. The summed E-state index contributed by atoms with van der Waals surface area (Å²) in [4.78, 5) is 30.6. The largest absolute Gasteiger partial charge is 0.335 e. The number of hydrogen-bond donors (Lipinski definition) is 1. The lowest BCUT2D eigenvalue weighted by Gasteiger charge is -2.18. The van der Waals surface area contributed by atoms with Crippen molar-refractivity contribution in [2.45, 2.75) is 13.5 Å². The van der Waals surface area contributed by atoms with Crippen molar-refractivity contribution in [1.29, 1.82) is 0 Å². The molecule has 0 aliphatic heterocycles. The molecule has 6 nitrogen and oxygen atoms in total. The summed E-state index contributed by atoms with van der Waals surface area (Å²) < 4.78 is 1.85. The van der Waals surface area contributed by atoms with Crippen molar-refractivity contribution in [3.05, 3.63) is 59.4 Å². The van der Waals surface area contributed by atoms with Crippen LogP contribution in [-0.2, 0) is 16.1 Å². The Labute approximate surface area is 156 Å². The van der Waals surface area contributed by atoms with E-state index in [1.165, 1.54) is 4.90 Å². The number of nitrogens with one attached hydrogen (secondary N) is 1. The monoisotopic (exact) mass is 370 g/mol. The molecule has 3 aromatic rings. The van der Waals surface area contributed by atoms with E-state index in [1.807, 2.05) is 35.8 Å². The standard InChI is InChI=1S/C19H19ClN4O2/c1-13-21-16-9-5-6-10-17(16)24(13)12-19(26)23(2)11-18(25)22-15-8-4-3-7-14(15)20/h3-10H,11-12H2,1-2H3,(H,22,25). The number of carbonyl (C=O) groups is 2. The first-order valence-electron chi connectivity index (χ1n) is 8.16. The van der Waals surface area contributed by atoms with Gasteiger partial charge in [0.15, 0.2) is 0 Å². The minimum absolute atomic E-state index is 0.0598. The highest BCUT2D eigenvalue weighted by atomic mass is 35.5. The Morgan fingerprint density at radius 3 is 2.62 bits per heavy atom. The number of imidazole rings is 1. The Hall–Kier alpha value is -2.86. The fourth-order valence-corrected chi connectivity index (χ4v) is 2.89. The third kappa shape index (κ3) is 3.86. The van der Waals surface area contributed by atoms with E-state index in [-0.39, 0.29) is 24.9 Å². The number of fused-ring (bicyclic) bond motifs is 1. The van der Waals surface area contributed by atoms with Crippen LogP contribution in [0, 0.1) is 6.92 Å². The van der Waals surface area contributed by atoms with Crippen LogP contribution >= 0.6 is 11.6 Å². The Morgan fingerprint density at radius 2 is 1.85 bits per heavy atom. The number of halogens is 1. The van der Waals surface area contributed by atoms with E-state index in [0.717, 1.165) is 16.9 Å². The highest BCUT2D eigenvalue weighted by molar-refractivity contribution is 6.33. The molecular weight excluding hydrogens is 352 g/mol. The molecule has 1 aromatic heterocycles. The second kappa shape index (κ2) is 7.58. The zero-order valence-electron chi connectivity index (χ0n) is 14.6. The lowest BCUT2D eigenvalue weighted by atomic mass is 10.3. The SMILES string of the molecule is Cc1nc2ccccc2n1CC(=O)N(C)CC(=O)Nc1ccccc1Cl. The molecule has 7 heteroatoms. The van der Waals surface area contributed by atoms with E-state index < -0.39 is 0 Å². The van der Waals surface area contributed by atoms with Gasteiger partial charge in [-0.1, -0.05) is 35.9 Å². The summed E-state index contributed by atoms with van der Waals surface area (Å²) in [6, 6.07) is 14.6. The normalized spacial score (nSPS) is 10.7. The fraction of sp³-hybridized carbons (Fsp3) is 0.211. The molecule has 1 heterocycles. The van der Waals surface area contributed by atoms with Crippen molar-refractivity contribution in [3.63, 3.8) is 0 Å². The molecule has 1 N–H and O–H groups in total. The Bertz CT molecular complexity index is 967. The second-order valence-corrected chi connectivity index (χ2v) is 6.42. The fourth-order valence-electron chi connectivity index (χ4n) is 2.71. The number of rotatable bonds is 5. The number of nitrogens with zero attached hydrogens (tertiary/aromatic N) is 3. The first kappa shape index (κ1) is 17.9. The van der Waals surface area contributed by atoms with E-state index in [0.29, 0.717) is 10.7 Å². The van der Waals surface area contributed by atoms with Crippen LogP contribution in [0.15, 0.2) is 48.5 Å². The highest BCUT2D eigenvalue weighted by Crippen LogP contribution is 2.20. The van der Waals surface area contributed by atoms with Crippen LogP contribution in [0.4, 0.5) is 5.69 Å². The molecule has 0 radical (unpaired) electrons. The Balaban J connectivity index is 1.65. The summed E-state index contributed by atoms with van der Waals surface area (Å²) in [5, 5.41) is 3.17. The van der Waals surface area contributed by atoms with Crippen LogP contribution in [0.1, 0.15) is 5.82 Å². The Kier molecular flexibility index (Phi) is 5.23. The summed E-state index contributed by atoms with van der Waals surface area (Å²) in [5.74, 6) is 0.278. The van der Waals surface area contributed by atoms with Crippen molar-refractivity contribution in [2.24, 2.45) is 0 Å². The third-order valence-corrected chi connectivity index (χ3v) is 4.42. The number of amides is 2. The molecule has 2 aromatic carbocycles. The number of aryl methyl sites for hydroxylation is 1. The summed E-state index contributed by atoms with van der Waals surface area (Å²) >= 11 is 6.03. The highest BCUT2D eigenvalue weighted by Gasteiger charge is 2.16. The molecule has 0 saturated heterocycles. The molecule has 0 fully saturated rings. The van der Waals surface area contributed by atoms with Crippen molar-refractivity contribution >= 4 is 40.1 Å². The summed E-state index contributed by atoms with van der Waals surface area (Å²) in [7, 11) is 1.60. The summed E-state index contributed by atoms with van der Waals surface area (Å²) in [5.41, 5.74) is 2.26. The van der Waals surface area contributed by atoms with Crippen LogP contribution in [0.2, 0.25) is 5.02 Å². The number of carbonyl (C=O) groups excluding carboxylic acids is 2. The molecule has 0 bridgehead atoms. The predicted octanol–water partition coefficient (Wildman–Crippen LogP) is 3.10. The maximum absolute atomic E-state index is 12.5. The number of benzene rings is 2. The van der Waals surface area contributed by atoms with Crippen LogP contribution in [0.25, 0.3) is 11.0 Å². The van der Waals surface area contributed by atoms with Crippen molar-refractivity contribution in [1.82, 2.24) is 14.5 Å². The van der Waals surface area contributed by atoms with Crippen LogP contribution in [0.5, 0.6) is 0 Å². The summed E-state index contributed by atoms with van der Waals surface area (Å²) in [6.45, 7) is 1.93. The van der Waals surface area contributed by atoms with E-state index in [1.54, 1.807) is 31.3 Å². The first-order chi connectivity index (χ1) is 12.5. The number of para-hydroxylation sites is 3. The quantitative estimate of drug-likeness (QED) is 0.750. The van der Waals surface area contributed by atoms with E-state index >= 15 is 0 Å². The summed E-state index contributed by atoms with van der Waals surface area (Å²) in [6.07, 6.45) is 0. The third-order valence-electron chi connectivity index (χ3n) is 4.09. The van der Waals surface area contributed by atoms with Gasteiger partial charge in [0, 0.05) is 7.05 Å². The maximum atomic E-state index is 12.5. The zero-order valence-corrected chi connectivity index (χ0v) is 15.3. The first-order valence-corrected chi connectivity index (χ1v) is 8.53. The van der Waals surface area contributed by atoms with Gasteiger partial charge >= 0.3 is 0 Å². The predicted molar refractivity (Wildman–Crippen MR) is 102 cm³/mol. The topological polar surface area (TPSA) is 67.2 Å². The smallest absolute Gasteiger partial charge is 0.244 e. The van der Waals surface area contributed by atoms with Crippen molar-refractivity contribution in [2.75, 3.05) is 18.9 Å². The number of hydrogen-bond acceptors (Lipinski definition) is 3. The van der Waals surface area contributed by atoms with Crippen molar-refractivity contribution < 1.29 is 9.59 Å². The van der Waals surface area contributed by atoms with Gasteiger partial charge in [-0.15, -0.1) is 0 Å². The van der Waals surface area contributed by atoms with Crippen LogP contribution in [-0.4, -0.2) is 39.9 Å². The number of likely N-dealkylation sites (N-methyl/N-ethyl adjacent to an activating group) is 1. The minimum atomic E-state index is -0.304. The van der Waals surface area contributed by atoms with E-state index in [4.69, 9.17) is 11.6 Å². The minimum Gasteiger partial charge on any atom is -0.335 e. The molecule has 0 aliphatic carbocycles. The van der Waals surface area contributed by atoms with Gasteiger partial charge in [0.2, 0.25) is 11.8 Å². The van der Waals surface area contributed by atoms with Gasteiger partial charge in [-0.2, -0.15) is 0 Å². The molecule has 0 spiro atoms.